The molecule has 0 amide bonds. The van der Waals surface area contributed by atoms with Crippen molar-refractivity contribution in [2.24, 2.45) is 0 Å². The summed E-state index contributed by atoms with van der Waals surface area (Å²) < 4.78 is 0. The zero-order valence-corrected chi connectivity index (χ0v) is 11.6. The van der Waals surface area contributed by atoms with Crippen molar-refractivity contribution in [3.8, 4) is 0 Å². The van der Waals surface area contributed by atoms with E-state index in [2.05, 4.69) is 18.7 Å². The largest absolute Gasteiger partial charge is 0.478 e. The highest BCUT2D eigenvalue weighted by atomic mass is 32.2. The van der Waals surface area contributed by atoms with Gasteiger partial charge in [0.05, 0.1) is 5.56 Å². The Kier molecular flexibility index (Phi) is 4.30. The molecule has 1 aromatic rings. The maximum absolute atomic E-state index is 10.8. The number of hydrogen-bond acceptors (Lipinski definition) is 3. The van der Waals surface area contributed by atoms with Crippen molar-refractivity contribution in [2.75, 3.05) is 12.3 Å². The highest BCUT2D eigenvalue weighted by Crippen LogP contribution is 2.25. The Labute approximate surface area is 112 Å². The maximum Gasteiger partial charge on any atom is 0.335 e. The fraction of sp³-hybridized carbons (Fsp3) is 0.500. The number of thioether (sulfide) groups is 1. The van der Waals surface area contributed by atoms with Crippen LogP contribution >= 0.6 is 11.8 Å². The van der Waals surface area contributed by atoms with E-state index in [9.17, 15) is 4.79 Å². The lowest BCUT2D eigenvalue weighted by molar-refractivity contribution is 0.0697. The Morgan fingerprint density at radius 1 is 1.39 bits per heavy atom. The first kappa shape index (κ1) is 13.4. The zero-order chi connectivity index (χ0) is 13.1. The van der Waals surface area contributed by atoms with Crippen LogP contribution in [0.1, 0.15) is 29.8 Å². The number of nitrogens with zero attached hydrogens (tertiary/aromatic N) is 1. The molecule has 2 rings (SSSR count). The molecule has 0 spiro atoms. The van der Waals surface area contributed by atoms with Gasteiger partial charge in [0.1, 0.15) is 0 Å². The Morgan fingerprint density at radius 2 is 2.06 bits per heavy atom. The summed E-state index contributed by atoms with van der Waals surface area (Å²) in [7, 11) is 0. The minimum atomic E-state index is -0.863. The molecule has 2 atom stereocenters. The van der Waals surface area contributed by atoms with Crippen LogP contribution in [0.4, 0.5) is 0 Å². The number of benzene rings is 1. The van der Waals surface area contributed by atoms with E-state index in [0.29, 0.717) is 16.9 Å². The predicted molar refractivity (Wildman–Crippen MR) is 75.2 cm³/mol. The third-order valence-corrected chi connectivity index (χ3v) is 4.94. The van der Waals surface area contributed by atoms with E-state index in [0.717, 1.165) is 13.1 Å². The van der Waals surface area contributed by atoms with Gasteiger partial charge in [0.2, 0.25) is 0 Å². The predicted octanol–water partition coefficient (Wildman–Crippen LogP) is 2.71. The van der Waals surface area contributed by atoms with Gasteiger partial charge < -0.3 is 5.11 Å². The number of aromatic carboxylic acids is 1. The van der Waals surface area contributed by atoms with Gasteiger partial charge >= 0.3 is 5.97 Å². The van der Waals surface area contributed by atoms with Gasteiger partial charge in [0, 0.05) is 30.1 Å². The van der Waals surface area contributed by atoms with E-state index >= 15 is 0 Å². The molecule has 4 heteroatoms. The highest BCUT2D eigenvalue weighted by molar-refractivity contribution is 8.00. The molecule has 0 bridgehead atoms. The van der Waals surface area contributed by atoms with Gasteiger partial charge in [-0.05, 0) is 24.6 Å². The molecule has 1 aliphatic rings. The first-order valence-corrected chi connectivity index (χ1v) is 7.30. The Hall–Kier alpha value is -1.00. The van der Waals surface area contributed by atoms with Crippen LogP contribution in [0.3, 0.4) is 0 Å². The van der Waals surface area contributed by atoms with Crippen LogP contribution in [0.15, 0.2) is 24.3 Å². The second kappa shape index (κ2) is 5.76. The summed E-state index contributed by atoms with van der Waals surface area (Å²) in [6.45, 7) is 6.56. The van der Waals surface area contributed by atoms with Gasteiger partial charge in [0.25, 0.3) is 0 Å². The molecular formula is C14H19NO2S. The van der Waals surface area contributed by atoms with E-state index < -0.39 is 5.97 Å². The lowest BCUT2D eigenvalue weighted by Crippen LogP contribution is -2.43. The molecular weight excluding hydrogens is 246 g/mol. The smallest absolute Gasteiger partial charge is 0.335 e. The third-order valence-electron chi connectivity index (χ3n) is 3.60. The minimum Gasteiger partial charge on any atom is -0.478 e. The molecule has 1 N–H and O–H groups in total. The van der Waals surface area contributed by atoms with Gasteiger partial charge in [-0.25, -0.2) is 4.79 Å². The normalized spacial score (nSPS) is 25.0. The van der Waals surface area contributed by atoms with Crippen molar-refractivity contribution in [1.29, 1.82) is 0 Å². The monoisotopic (exact) mass is 265 g/mol. The molecule has 1 saturated heterocycles. The number of carboxylic acid groups (broad SMARTS) is 1. The van der Waals surface area contributed by atoms with Crippen LogP contribution in [0.2, 0.25) is 0 Å². The Bertz CT molecular complexity index is 418. The lowest BCUT2D eigenvalue weighted by atomic mass is 10.1. The van der Waals surface area contributed by atoms with E-state index in [-0.39, 0.29) is 0 Å². The van der Waals surface area contributed by atoms with Crippen molar-refractivity contribution in [3.05, 3.63) is 35.4 Å². The fourth-order valence-electron chi connectivity index (χ4n) is 2.21. The molecule has 0 aliphatic carbocycles. The number of carbonyl (C=O) groups is 1. The molecule has 98 valence electrons. The van der Waals surface area contributed by atoms with Gasteiger partial charge in [0.15, 0.2) is 0 Å². The molecule has 1 aromatic carbocycles. The van der Waals surface area contributed by atoms with Gasteiger partial charge in [-0.1, -0.05) is 19.1 Å². The van der Waals surface area contributed by atoms with Gasteiger partial charge in [-0.3, -0.25) is 4.90 Å². The lowest BCUT2D eigenvalue weighted by Gasteiger charge is -2.37. The standard InChI is InChI=1S/C14H19NO2S/c1-10-11(2)18-8-7-15(10)9-12-3-5-13(6-4-12)14(16)17/h3-6,10-11H,7-9H2,1-2H3,(H,16,17). The molecule has 0 radical (unpaired) electrons. The summed E-state index contributed by atoms with van der Waals surface area (Å²) in [5, 5.41) is 9.52. The van der Waals surface area contributed by atoms with Crippen molar-refractivity contribution in [3.63, 3.8) is 0 Å². The average molecular weight is 265 g/mol. The van der Waals surface area contributed by atoms with Crippen LogP contribution in [0.25, 0.3) is 0 Å². The molecule has 1 aliphatic heterocycles. The summed E-state index contributed by atoms with van der Waals surface area (Å²) in [6, 6.07) is 7.78. The quantitative estimate of drug-likeness (QED) is 0.912. The van der Waals surface area contributed by atoms with E-state index in [1.54, 1.807) is 12.1 Å². The highest BCUT2D eigenvalue weighted by Gasteiger charge is 2.24. The molecule has 1 heterocycles. The van der Waals surface area contributed by atoms with E-state index in [1.165, 1.54) is 11.3 Å². The van der Waals surface area contributed by atoms with Crippen molar-refractivity contribution in [2.45, 2.75) is 31.7 Å². The van der Waals surface area contributed by atoms with Crippen LogP contribution < -0.4 is 0 Å². The molecule has 2 unspecified atom stereocenters. The SMILES string of the molecule is CC1SCCN(Cc2ccc(C(=O)O)cc2)C1C. The maximum atomic E-state index is 10.8. The zero-order valence-electron chi connectivity index (χ0n) is 10.8. The number of carboxylic acids is 1. The van der Waals surface area contributed by atoms with Crippen LogP contribution in [-0.4, -0.2) is 39.6 Å². The minimum absolute atomic E-state index is 0.356. The van der Waals surface area contributed by atoms with E-state index in [1.807, 2.05) is 23.9 Å². The van der Waals surface area contributed by atoms with Gasteiger partial charge in [-0.2, -0.15) is 11.8 Å². The van der Waals surface area contributed by atoms with Gasteiger partial charge in [-0.15, -0.1) is 0 Å². The number of hydrogen-bond donors (Lipinski definition) is 1. The van der Waals surface area contributed by atoms with Crippen LogP contribution in [0.5, 0.6) is 0 Å². The average Bonchev–Trinajstić information content (AvgIpc) is 2.36. The van der Waals surface area contributed by atoms with Crippen molar-refractivity contribution < 1.29 is 9.90 Å². The number of rotatable bonds is 3. The topological polar surface area (TPSA) is 40.5 Å². The van der Waals surface area contributed by atoms with Crippen LogP contribution in [-0.2, 0) is 6.54 Å². The molecule has 0 aromatic heterocycles. The van der Waals surface area contributed by atoms with E-state index in [4.69, 9.17) is 5.11 Å². The summed E-state index contributed by atoms with van der Waals surface area (Å²) in [5.74, 6) is 0.316. The summed E-state index contributed by atoms with van der Waals surface area (Å²) in [4.78, 5) is 13.3. The summed E-state index contributed by atoms with van der Waals surface area (Å²) in [5.41, 5.74) is 1.54. The Morgan fingerprint density at radius 3 is 2.67 bits per heavy atom. The molecule has 0 saturated carbocycles. The fourth-order valence-corrected chi connectivity index (χ4v) is 3.37. The van der Waals surface area contributed by atoms with Crippen molar-refractivity contribution in [1.82, 2.24) is 4.90 Å². The molecule has 3 nitrogen and oxygen atoms in total. The summed E-state index contributed by atoms with van der Waals surface area (Å²) >= 11 is 2.03. The second-order valence-corrected chi connectivity index (χ2v) is 6.27. The second-order valence-electron chi connectivity index (χ2n) is 4.79. The van der Waals surface area contributed by atoms with Crippen molar-refractivity contribution >= 4 is 17.7 Å². The Balaban J connectivity index is 2.02. The van der Waals surface area contributed by atoms with Crippen LogP contribution in [0, 0.1) is 0 Å². The summed E-state index contributed by atoms with van der Waals surface area (Å²) in [6.07, 6.45) is 0. The molecule has 18 heavy (non-hydrogen) atoms. The molecule has 1 fully saturated rings. The first-order chi connectivity index (χ1) is 8.58. The first-order valence-electron chi connectivity index (χ1n) is 6.26. The third kappa shape index (κ3) is 3.06.